The van der Waals surface area contributed by atoms with Crippen LogP contribution < -0.4 is 10.1 Å². The fraction of sp³-hybridized carbons (Fsp3) is 0.318. The highest BCUT2D eigenvalue weighted by molar-refractivity contribution is 5.90. The maximum atomic E-state index is 12.3. The molecular formula is C22H24N4O2. The topological polar surface area (TPSA) is 69.0 Å². The van der Waals surface area contributed by atoms with Gasteiger partial charge in [0.25, 0.3) is 0 Å². The SMILES string of the molecule is COc1ccccc1CCC(=O)Nc1ccc([C@@H]2CCc3nncn3C2)cc1. The highest BCUT2D eigenvalue weighted by Gasteiger charge is 2.20. The molecule has 1 aliphatic rings. The normalized spacial score (nSPS) is 15.7. The third kappa shape index (κ3) is 4.06. The summed E-state index contributed by atoms with van der Waals surface area (Å²) in [7, 11) is 1.65. The van der Waals surface area contributed by atoms with Gasteiger partial charge in [0.15, 0.2) is 0 Å². The van der Waals surface area contributed by atoms with E-state index in [-0.39, 0.29) is 5.91 Å². The van der Waals surface area contributed by atoms with Gasteiger partial charge >= 0.3 is 0 Å². The fourth-order valence-corrected chi connectivity index (χ4v) is 3.75. The zero-order valence-electron chi connectivity index (χ0n) is 16.0. The van der Waals surface area contributed by atoms with Crippen LogP contribution in [0.15, 0.2) is 54.9 Å². The second-order valence-corrected chi connectivity index (χ2v) is 7.12. The van der Waals surface area contributed by atoms with Crippen LogP contribution in [-0.4, -0.2) is 27.8 Å². The Kier molecular flexibility index (Phi) is 5.37. The van der Waals surface area contributed by atoms with Gasteiger partial charge in [-0.05, 0) is 42.2 Å². The molecule has 1 aromatic heterocycles. The van der Waals surface area contributed by atoms with Crippen LogP contribution in [0.1, 0.15) is 35.7 Å². The Morgan fingerprint density at radius 3 is 2.86 bits per heavy atom. The number of nitrogens with zero attached hydrogens (tertiary/aromatic N) is 3. The van der Waals surface area contributed by atoms with E-state index in [9.17, 15) is 4.79 Å². The molecule has 1 aliphatic heterocycles. The van der Waals surface area contributed by atoms with Crippen molar-refractivity contribution >= 4 is 11.6 Å². The Labute approximate surface area is 164 Å². The van der Waals surface area contributed by atoms with Gasteiger partial charge in [-0.15, -0.1) is 10.2 Å². The monoisotopic (exact) mass is 376 g/mol. The molecule has 2 aromatic carbocycles. The summed E-state index contributed by atoms with van der Waals surface area (Å²) in [5.41, 5.74) is 3.15. The Balaban J connectivity index is 1.32. The molecule has 0 bridgehead atoms. The van der Waals surface area contributed by atoms with E-state index in [0.717, 1.165) is 42.2 Å². The lowest BCUT2D eigenvalue weighted by Crippen LogP contribution is -2.18. The summed E-state index contributed by atoms with van der Waals surface area (Å²) in [6.07, 6.45) is 4.89. The zero-order valence-corrected chi connectivity index (χ0v) is 16.0. The largest absolute Gasteiger partial charge is 0.496 e. The molecule has 0 saturated carbocycles. The van der Waals surface area contributed by atoms with Crippen LogP contribution in [0.4, 0.5) is 5.69 Å². The molecule has 144 valence electrons. The van der Waals surface area contributed by atoms with E-state index in [1.807, 2.05) is 36.4 Å². The number of para-hydroxylation sites is 1. The van der Waals surface area contributed by atoms with Crippen molar-refractivity contribution in [1.82, 2.24) is 14.8 Å². The third-order valence-corrected chi connectivity index (χ3v) is 5.31. The molecule has 6 nitrogen and oxygen atoms in total. The van der Waals surface area contributed by atoms with Crippen molar-refractivity contribution < 1.29 is 9.53 Å². The summed E-state index contributed by atoms with van der Waals surface area (Å²) < 4.78 is 7.47. The van der Waals surface area contributed by atoms with Crippen LogP contribution in [0.5, 0.6) is 5.75 Å². The number of methoxy groups -OCH3 is 1. The van der Waals surface area contributed by atoms with Crippen molar-refractivity contribution in [2.45, 2.75) is 38.1 Å². The van der Waals surface area contributed by atoms with E-state index >= 15 is 0 Å². The molecule has 1 atom stereocenters. The second kappa shape index (κ2) is 8.25. The van der Waals surface area contributed by atoms with Crippen LogP contribution >= 0.6 is 0 Å². The van der Waals surface area contributed by atoms with Crippen LogP contribution in [0, 0.1) is 0 Å². The lowest BCUT2D eigenvalue weighted by molar-refractivity contribution is -0.116. The summed E-state index contributed by atoms with van der Waals surface area (Å²) in [6, 6.07) is 16.0. The van der Waals surface area contributed by atoms with Gasteiger partial charge in [0.2, 0.25) is 5.91 Å². The van der Waals surface area contributed by atoms with Gasteiger partial charge in [-0.25, -0.2) is 0 Å². The lowest BCUT2D eigenvalue weighted by atomic mass is 9.91. The molecule has 3 aromatic rings. The van der Waals surface area contributed by atoms with E-state index in [0.29, 0.717) is 18.8 Å². The quantitative estimate of drug-likeness (QED) is 0.714. The smallest absolute Gasteiger partial charge is 0.224 e. The molecule has 0 unspecified atom stereocenters. The number of hydrogen-bond donors (Lipinski definition) is 1. The molecule has 2 heterocycles. The van der Waals surface area contributed by atoms with Gasteiger partial charge in [-0.3, -0.25) is 4.79 Å². The molecular weight excluding hydrogens is 352 g/mol. The maximum absolute atomic E-state index is 12.3. The van der Waals surface area contributed by atoms with E-state index in [1.54, 1.807) is 13.4 Å². The second-order valence-electron chi connectivity index (χ2n) is 7.12. The maximum Gasteiger partial charge on any atom is 0.224 e. The molecule has 0 fully saturated rings. The molecule has 0 saturated heterocycles. The first-order valence-electron chi connectivity index (χ1n) is 9.61. The molecule has 0 radical (unpaired) electrons. The summed E-state index contributed by atoms with van der Waals surface area (Å²) in [5.74, 6) is 2.35. The average Bonchev–Trinajstić information content (AvgIpc) is 3.21. The Morgan fingerprint density at radius 2 is 2.04 bits per heavy atom. The highest BCUT2D eigenvalue weighted by atomic mass is 16.5. The zero-order chi connectivity index (χ0) is 19.3. The standard InChI is InChI=1S/C22H24N4O2/c1-28-20-5-3-2-4-17(20)9-13-22(27)24-19-10-6-16(7-11-19)18-8-12-21-25-23-15-26(21)14-18/h2-7,10-11,15,18H,8-9,12-14H2,1H3,(H,24,27)/t18-/m1/s1. The molecule has 6 heteroatoms. The van der Waals surface area contributed by atoms with E-state index in [2.05, 4.69) is 32.2 Å². The van der Waals surface area contributed by atoms with Gasteiger partial charge in [0, 0.05) is 31.0 Å². The van der Waals surface area contributed by atoms with Crippen molar-refractivity contribution in [1.29, 1.82) is 0 Å². The lowest BCUT2D eigenvalue weighted by Gasteiger charge is -2.23. The van der Waals surface area contributed by atoms with Crippen LogP contribution in [0.2, 0.25) is 0 Å². The first-order valence-corrected chi connectivity index (χ1v) is 9.61. The molecule has 0 aliphatic carbocycles. The number of carbonyl (C=O) groups is 1. The summed E-state index contributed by atoms with van der Waals surface area (Å²) in [5, 5.41) is 11.1. The first kappa shape index (κ1) is 18.2. The fourth-order valence-electron chi connectivity index (χ4n) is 3.75. The minimum absolute atomic E-state index is 0.00505. The number of rotatable bonds is 6. The van der Waals surface area contributed by atoms with Crippen molar-refractivity contribution in [3.05, 3.63) is 71.8 Å². The van der Waals surface area contributed by atoms with Crippen molar-refractivity contribution in [2.75, 3.05) is 12.4 Å². The molecule has 0 spiro atoms. The summed E-state index contributed by atoms with van der Waals surface area (Å²) in [4.78, 5) is 12.3. The Morgan fingerprint density at radius 1 is 1.21 bits per heavy atom. The summed E-state index contributed by atoms with van der Waals surface area (Å²) in [6.45, 7) is 0.910. The Hall–Kier alpha value is -3.15. The number of fused-ring (bicyclic) bond motifs is 1. The number of anilines is 1. The number of hydrogen-bond acceptors (Lipinski definition) is 4. The number of ether oxygens (including phenoxy) is 1. The van der Waals surface area contributed by atoms with Crippen molar-refractivity contribution in [3.8, 4) is 5.75 Å². The van der Waals surface area contributed by atoms with Crippen molar-refractivity contribution in [2.24, 2.45) is 0 Å². The van der Waals surface area contributed by atoms with Gasteiger partial charge in [0.05, 0.1) is 7.11 Å². The van der Waals surface area contributed by atoms with Crippen LogP contribution in [0.3, 0.4) is 0 Å². The number of benzene rings is 2. The van der Waals surface area contributed by atoms with Gasteiger partial charge in [-0.1, -0.05) is 30.3 Å². The number of carbonyl (C=O) groups excluding carboxylic acids is 1. The van der Waals surface area contributed by atoms with Crippen LogP contribution in [-0.2, 0) is 24.2 Å². The van der Waals surface area contributed by atoms with Gasteiger partial charge in [0.1, 0.15) is 17.9 Å². The van der Waals surface area contributed by atoms with Crippen molar-refractivity contribution in [3.63, 3.8) is 0 Å². The number of amides is 1. The average molecular weight is 376 g/mol. The number of aromatic nitrogens is 3. The minimum Gasteiger partial charge on any atom is -0.496 e. The Bertz CT molecular complexity index is 949. The predicted octanol–water partition coefficient (Wildman–Crippen LogP) is 3.59. The number of nitrogens with one attached hydrogen (secondary N) is 1. The first-order chi connectivity index (χ1) is 13.7. The highest BCUT2D eigenvalue weighted by Crippen LogP contribution is 2.28. The minimum atomic E-state index is 0.00505. The molecule has 1 amide bonds. The molecule has 28 heavy (non-hydrogen) atoms. The van der Waals surface area contributed by atoms with E-state index < -0.39 is 0 Å². The third-order valence-electron chi connectivity index (χ3n) is 5.31. The van der Waals surface area contributed by atoms with Crippen LogP contribution in [0.25, 0.3) is 0 Å². The van der Waals surface area contributed by atoms with E-state index in [1.165, 1.54) is 5.56 Å². The van der Waals surface area contributed by atoms with Gasteiger partial charge in [-0.2, -0.15) is 0 Å². The molecule has 4 rings (SSSR count). The summed E-state index contributed by atoms with van der Waals surface area (Å²) >= 11 is 0. The van der Waals surface area contributed by atoms with E-state index in [4.69, 9.17) is 4.74 Å². The molecule has 1 N–H and O–H groups in total. The van der Waals surface area contributed by atoms with Gasteiger partial charge < -0.3 is 14.6 Å². The number of aryl methyl sites for hydroxylation is 2. The predicted molar refractivity (Wildman–Crippen MR) is 107 cm³/mol.